The Hall–Kier alpha value is -2.94. The predicted octanol–water partition coefficient (Wildman–Crippen LogP) is 6.59. The van der Waals surface area contributed by atoms with Gasteiger partial charge in [-0.1, -0.05) is 57.9 Å². The molecule has 0 aliphatic carbocycles. The third kappa shape index (κ3) is 4.66. The topological polar surface area (TPSA) is 71.9 Å². The summed E-state index contributed by atoms with van der Waals surface area (Å²) >= 11 is 10.1. The molecule has 0 saturated heterocycles. The molecule has 0 spiro atoms. The number of benzene rings is 3. The maximum atomic E-state index is 13.7. The first kappa shape index (κ1) is 23.8. The molecule has 1 atom stereocenters. The molecule has 9 heteroatoms. The van der Waals surface area contributed by atoms with Crippen LogP contribution in [0.15, 0.2) is 93.3 Å². The average molecular weight is 571 g/mol. The Labute approximate surface area is 217 Å². The van der Waals surface area contributed by atoms with Crippen LogP contribution in [-0.4, -0.2) is 30.1 Å². The molecule has 0 saturated carbocycles. The van der Waals surface area contributed by atoms with E-state index in [1.165, 1.54) is 4.41 Å². The molecule has 35 heavy (non-hydrogen) atoms. The normalized spacial score (nSPS) is 15.9. The van der Waals surface area contributed by atoms with E-state index in [-0.39, 0.29) is 10.0 Å². The molecule has 5 rings (SSSR count). The number of pyridine rings is 1. The zero-order chi connectivity index (χ0) is 24.6. The van der Waals surface area contributed by atoms with Gasteiger partial charge in [-0.3, -0.25) is 0 Å². The van der Waals surface area contributed by atoms with E-state index in [1.54, 1.807) is 30.3 Å². The van der Waals surface area contributed by atoms with Gasteiger partial charge in [0.15, 0.2) is 0 Å². The van der Waals surface area contributed by atoms with Crippen molar-refractivity contribution in [3.8, 4) is 5.75 Å². The summed E-state index contributed by atoms with van der Waals surface area (Å²) in [7, 11) is -3.94. The van der Waals surface area contributed by atoms with Crippen LogP contribution in [0.1, 0.15) is 30.5 Å². The second kappa shape index (κ2) is 9.60. The highest BCUT2D eigenvalue weighted by atomic mass is 79.9. The number of nitrogens with zero attached hydrogens (tertiary/aromatic N) is 3. The molecule has 178 valence electrons. The van der Waals surface area contributed by atoms with Crippen molar-refractivity contribution in [1.82, 2.24) is 9.40 Å². The monoisotopic (exact) mass is 569 g/mol. The lowest BCUT2D eigenvalue weighted by atomic mass is 9.99. The summed E-state index contributed by atoms with van der Waals surface area (Å²) in [5.74, 6) is 0.700. The Morgan fingerprint density at radius 2 is 1.80 bits per heavy atom. The third-order valence-corrected chi connectivity index (χ3v) is 8.31. The molecular formula is C26H21BrClN3O3S. The van der Waals surface area contributed by atoms with Crippen LogP contribution >= 0.6 is 27.5 Å². The molecule has 1 unspecified atom stereocenters. The van der Waals surface area contributed by atoms with Crippen LogP contribution in [0, 0.1) is 0 Å². The van der Waals surface area contributed by atoms with Crippen molar-refractivity contribution in [3.05, 3.63) is 99.6 Å². The lowest BCUT2D eigenvalue weighted by Crippen LogP contribution is -2.27. The van der Waals surface area contributed by atoms with Crippen LogP contribution in [0.3, 0.4) is 0 Å². The van der Waals surface area contributed by atoms with Crippen molar-refractivity contribution in [3.63, 3.8) is 0 Å². The SMILES string of the molecule is CCOc1ccc2cc(C3CC(c4ccc(Br)cc4)=NN3S(=O)(=O)c3ccccc3)c(Cl)nc2c1. The number of fused-ring (bicyclic) bond motifs is 1. The molecule has 0 amide bonds. The van der Waals surface area contributed by atoms with E-state index in [0.717, 1.165) is 15.4 Å². The average Bonchev–Trinajstić information content (AvgIpc) is 3.31. The fourth-order valence-corrected chi connectivity index (χ4v) is 6.07. The molecule has 1 aliphatic rings. The van der Waals surface area contributed by atoms with E-state index < -0.39 is 16.1 Å². The van der Waals surface area contributed by atoms with Crippen molar-refractivity contribution >= 4 is 54.2 Å². The maximum absolute atomic E-state index is 13.7. The highest BCUT2D eigenvalue weighted by Crippen LogP contribution is 2.40. The Kier molecular flexibility index (Phi) is 6.53. The smallest absolute Gasteiger partial charge is 0.279 e. The van der Waals surface area contributed by atoms with Crippen molar-refractivity contribution in [1.29, 1.82) is 0 Å². The summed E-state index contributed by atoms with van der Waals surface area (Å²) in [6, 6.07) is 22.7. The molecule has 3 aromatic carbocycles. The predicted molar refractivity (Wildman–Crippen MR) is 141 cm³/mol. The van der Waals surface area contributed by atoms with E-state index in [9.17, 15) is 8.42 Å². The van der Waals surface area contributed by atoms with E-state index in [2.05, 4.69) is 26.0 Å². The standard InChI is InChI=1S/C26H21BrClN3O3S/c1-2-34-20-13-10-18-14-22(26(28)29-23(18)15-20)25-16-24(17-8-11-19(27)12-9-17)30-31(25)35(32,33)21-6-4-3-5-7-21/h3-15,25H,2,16H2,1H3. The number of aromatic nitrogens is 1. The van der Waals surface area contributed by atoms with Gasteiger partial charge >= 0.3 is 0 Å². The highest BCUT2D eigenvalue weighted by Gasteiger charge is 2.39. The van der Waals surface area contributed by atoms with E-state index in [4.69, 9.17) is 16.3 Å². The van der Waals surface area contributed by atoms with Gasteiger partial charge in [-0.2, -0.15) is 17.9 Å². The second-order valence-electron chi connectivity index (χ2n) is 8.02. The second-order valence-corrected chi connectivity index (χ2v) is 11.1. The number of sulfonamides is 1. The van der Waals surface area contributed by atoms with E-state index >= 15 is 0 Å². The molecular weight excluding hydrogens is 550 g/mol. The van der Waals surface area contributed by atoms with E-state index in [0.29, 0.717) is 35.6 Å². The fourth-order valence-electron chi connectivity index (χ4n) is 4.09. The van der Waals surface area contributed by atoms with E-state index in [1.807, 2.05) is 55.5 Å². The van der Waals surface area contributed by atoms with Gasteiger partial charge in [0, 0.05) is 27.9 Å². The summed E-state index contributed by atoms with van der Waals surface area (Å²) < 4.78 is 35.0. The zero-order valence-electron chi connectivity index (χ0n) is 18.7. The van der Waals surface area contributed by atoms with Crippen LogP contribution in [0.4, 0.5) is 0 Å². The maximum Gasteiger partial charge on any atom is 0.279 e. The van der Waals surface area contributed by atoms with Gasteiger partial charge in [0.1, 0.15) is 10.9 Å². The van der Waals surface area contributed by atoms with Crippen LogP contribution in [0.25, 0.3) is 10.9 Å². The molecule has 6 nitrogen and oxygen atoms in total. The Bertz CT molecular complexity index is 1530. The van der Waals surface area contributed by atoms with Gasteiger partial charge in [0.25, 0.3) is 10.0 Å². The van der Waals surface area contributed by atoms with Crippen molar-refractivity contribution in [2.24, 2.45) is 5.10 Å². The fraction of sp³-hybridized carbons (Fsp3) is 0.154. The first-order chi connectivity index (χ1) is 16.9. The summed E-state index contributed by atoms with van der Waals surface area (Å²) in [6.07, 6.45) is 0.359. The van der Waals surface area contributed by atoms with Crippen LogP contribution in [0.2, 0.25) is 5.15 Å². The van der Waals surface area contributed by atoms with Crippen LogP contribution < -0.4 is 4.74 Å². The largest absolute Gasteiger partial charge is 0.494 e. The van der Waals surface area contributed by atoms with Gasteiger partial charge in [0.05, 0.1) is 28.8 Å². The number of rotatable bonds is 6. The highest BCUT2D eigenvalue weighted by molar-refractivity contribution is 9.10. The first-order valence-corrected chi connectivity index (χ1v) is 13.6. The minimum atomic E-state index is -3.94. The van der Waals surface area contributed by atoms with Crippen LogP contribution in [-0.2, 0) is 10.0 Å². The van der Waals surface area contributed by atoms with Crippen molar-refractivity contribution in [2.75, 3.05) is 6.61 Å². The number of hydrogen-bond acceptors (Lipinski definition) is 5. The quantitative estimate of drug-likeness (QED) is 0.245. The minimum absolute atomic E-state index is 0.164. The van der Waals surface area contributed by atoms with Gasteiger partial charge in [-0.25, -0.2) is 4.98 Å². The zero-order valence-corrected chi connectivity index (χ0v) is 21.9. The molecule has 1 aliphatic heterocycles. The Morgan fingerprint density at radius 3 is 2.51 bits per heavy atom. The molecule has 0 fully saturated rings. The lowest BCUT2D eigenvalue weighted by Gasteiger charge is -2.24. The van der Waals surface area contributed by atoms with Crippen molar-refractivity contribution < 1.29 is 13.2 Å². The van der Waals surface area contributed by atoms with Gasteiger partial charge < -0.3 is 4.74 Å². The molecule has 0 radical (unpaired) electrons. The van der Waals surface area contributed by atoms with Gasteiger partial charge in [-0.15, -0.1) is 0 Å². The van der Waals surface area contributed by atoms with Crippen LogP contribution in [0.5, 0.6) is 5.75 Å². The third-order valence-electron chi connectivity index (χ3n) is 5.78. The molecule has 4 aromatic rings. The summed E-state index contributed by atoms with van der Waals surface area (Å²) in [6.45, 7) is 2.46. The summed E-state index contributed by atoms with van der Waals surface area (Å²) in [5, 5.41) is 5.66. The Balaban J connectivity index is 1.62. The van der Waals surface area contributed by atoms with Crippen molar-refractivity contribution in [2.45, 2.75) is 24.3 Å². The summed E-state index contributed by atoms with van der Waals surface area (Å²) in [5.41, 5.74) is 2.77. The number of hydrazone groups is 1. The molecule has 0 bridgehead atoms. The number of hydrogen-bond donors (Lipinski definition) is 0. The van der Waals surface area contributed by atoms with Gasteiger partial charge in [0.2, 0.25) is 0 Å². The number of ether oxygens (including phenoxy) is 1. The molecule has 2 heterocycles. The van der Waals surface area contributed by atoms with Gasteiger partial charge in [-0.05, 0) is 55.0 Å². The molecule has 1 aromatic heterocycles. The first-order valence-electron chi connectivity index (χ1n) is 11.0. The lowest BCUT2D eigenvalue weighted by molar-refractivity contribution is 0.340. The minimum Gasteiger partial charge on any atom is -0.494 e. The summed E-state index contributed by atoms with van der Waals surface area (Å²) in [4.78, 5) is 4.73. The Morgan fingerprint density at radius 1 is 1.06 bits per heavy atom. The molecule has 0 N–H and O–H groups in total. The number of halogens is 2.